The lowest BCUT2D eigenvalue weighted by molar-refractivity contribution is 0.0951. The Morgan fingerprint density at radius 1 is 1.03 bits per heavy atom. The molecule has 0 atom stereocenters. The Labute approximate surface area is 203 Å². The van der Waals surface area contributed by atoms with Crippen molar-refractivity contribution >= 4 is 52.3 Å². The van der Waals surface area contributed by atoms with Crippen LogP contribution in [0.2, 0.25) is 10.0 Å². The number of ether oxygens (including phenoxy) is 2. The maximum atomic E-state index is 12.3. The minimum absolute atomic E-state index is 0.0498. The molecule has 1 amide bonds. The second kappa shape index (κ2) is 11.9. The molecule has 0 aliphatic heterocycles. The fourth-order valence-electron chi connectivity index (χ4n) is 2.63. The summed E-state index contributed by atoms with van der Waals surface area (Å²) in [5, 5.41) is 3.53. The first-order valence-corrected chi connectivity index (χ1v) is 11.2. The van der Waals surface area contributed by atoms with Crippen LogP contribution in [0.25, 0.3) is 0 Å². The van der Waals surface area contributed by atoms with Crippen molar-refractivity contribution in [2.24, 2.45) is 0 Å². The van der Waals surface area contributed by atoms with Gasteiger partial charge < -0.3 is 14.8 Å². The van der Waals surface area contributed by atoms with Crippen LogP contribution in [0.15, 0.2) is 47.0 Å². The lowest BCUT2D eigenvalue weighted by Crippen LogP contribution is -2.25. The third-order valence-electron chi connectivity index (χ3n) is 4.33. The molecule has 0 aliphatic rings. The van der Waals surface area contributed by atoms with Gasteiger partial charge in [-0.1, -0.05) is 79.3 Å². The molecule has 0 aromatic heterocycles. The first-order valence-electron chi connectivity index (χ1n) is 9.72. The maximum absolute atomic E-state index is 12.3. The van der Waals surface area contributed by atoms with Gasteiger partial charge >= 0.3 is 0 Å². The largest absolute Gasteiger partial charge is 0.490 e. The van der Waals surface area contributed by atoms with Crippen LogP contribution in [0.5, 0.6) is 11.5 Å². The summed E-state index contributed by atoms with van der Waals surface area (Å²) < 4.78 is 11.3. The summed E-state index contributed by atoms with van der Waals surface area (Å²) in [4.78, 5) is 12.3. The number of amides is 1. The lowest BCUT2D eigenvalue weighted by atomic mass is 9.87. The molecule has 4 nitrogen and oxygen atoms in total. The molecule has 8 heteroatoms. The molecular weight excluding hydrogens is 480 g/mol. The molecule has 2 aromatic rings. The average molecular weight is 505 g/mol. The average Bonchev–Trinajstić information content (AvgIpc) is 2.68. The van der Waals surface area contributed by atoms with E-state index in [1.807, 2.05) is 24.3 Å². The smallest absolute Gasteiger partial charge is 0.251 e. The summed E-state index contributed by atoms with van der Waals surface area (Å²) in [5.74, 6) is 0.716. The molecule has 0 bridgehead atoms. The number of hydrogen-bond donors (Lipinski definition) is 1. The van der Waals surface area contributed by atoms with Gasteiger partial charge in [0.05, 0.1) is 16.7 Å². The molecule has 31 heavy (non-hydrogen) atoms. The zero-order valence-corrected chi connectivity index (χ0v) is 20.6. The summed E-state index contributed by atoms with van der Waals surface area (Å²) in [6.07, 6.45) is 2.10. The van der Waals surface area contributed by atoms with E-state index in [0.717, 1.165) is 0 Å². The fourth-order valence-corrected chi connectivity index (χ4v) is 3.33. The summed E-state index contributed by atoms with van der Waals surface area (Å²) >= 11 is 23.6. The predicted octanol–water partition coefficient (Wildman–Crippen LogP) is 7.19. The third-order valence-corrected chi connectivity index (χ3v) is 5.20. The molecule has 0 spiro atoms. The lowest BCUT2D eigenvalue weighted by Gasteiger charge is -2.19. The number of benzene rings is 2. The van der Waals surface area contributed by atoms with Gasteiger partial charge in [-0.25, -0.2) is 0 Å². The molecular formula is C23H25Cl4NO3. The Bertz CT molecular complexity index is 894. The normalized spacial score (nSPS) is 11.1. The van der Waals surface area contributed by atoms with E-state index >= 15 is 0 Å². The van der Waals surface area contributed by atoms with E-state index in [-0.39, 0.29) is 22.4 Å². The molecule has 2 aromatic carbocycles. The number of halogens is 4. The van der Waals surface area contributed by atoms with Crippen LogP contribution in [-0.4, -0.2) is 25.7 Å². The maximum Gasteiger partial charge on any atom is 0.251 e. The predicted molar refractivity (Wildman–Crippen MR) is 129 cm³/mol. The van der Waals surface area contributed by atoms with Crippen molar-refractivity contribution in [1.29, 1.82) is 0 Å². The second-order valence-corrected chi connectivity index (χ2v) is 9.63. The van der Waals surface area contributed by atoms with Crippen molar-refractivity contribution in [2.75, 3.05) is 19.8 Å². The van der Waals surface area contributed by atoms with Gasteiger partial charge in [0, 0.05) is 24.2 Å². The summed E-state index contributed by atoms with van der Waals surface area (Å²) in [7, 11) is 0. The highest BCUT2D eigenvalue weighted by molar-refractivity contribution is 6.55. The fraction of sp³-hybridized carbons (Fsp3) is 0.348. The number of rotatable bonds is 9. The molecule has 0 aliphatic carbocycles. The minimum Gasteiger partial charge on any atom is -0.490 e. The van der Waals surface area contributed by atoms with Crippen molar-refractivity contribution in [3.05, 3.63) is 68.1 Å². The Balaban J connectivity index is 1.79. The topological polar surface area (TPSA) is 47.6 Å². The molecule has 2 rings (SSSR count). The van der Waals surface area contributed by atoms with E-state index in [2.05, 4.69) is 26.1 Å². The van der Waals surface area contributed by atoms with Crippen molar-refractivity contribution in [3.8, 4) is 11.5 Å². The molecule has 1 N–H and O–H groups in total. The molecule has 0 radical (unpaired) electrons. The van der Waals surface area contributed by atoms with E-state index in [0.29, 0.717) is 46.7 Å². The van der Waals surface area contributed by atoms with E-state index in [9.17, 15) is 4.79 Å². The van der Waals surface area contributed by atoms with E-state index in [1.165, 1.54) is 11.6 Å². The monoisotopic (exact) mass is 503 g/mol. The number of hydrogen-bond acceptors (Lipinski definition) is 3. The van der Waals surface area contributed by atoms with Crippen LogP contribution >= 0.6 is 46.4 Å². The van der Waals surface area contributed by atoms with Gasteiger partial charge in [0.1, 0.15) is 16.8 Å². The molecule has 0 fully saturated rings. The molecule has 168 valence electrons. The zero-order chi connectivity index (χ0) is 23.0. The van der Waals surface area contributed by atoms with Crippen molar-refractivity contribution < 1.29 is 14.3 Å². The van der Waals surface area contributed by atoms with Crippen LogP contribution in [0.1, 0.15) is 43.1 Å². The van der Waals surface area contributed by atoms with Crippen LogP contribution in [0.4, 0.5) is 0 Å². The van der Waals surface area contributed by atoms with Crippen molar-refractivity contribution in [1.82, 2.24) is 5.32 Å². The van der Waals surface area contributed by atoms with Crippen molar-refractivity contribution in [3.63, 3.8) is 0 Å². The van der Waals surface area contributed by atoms with Gasteiger partial charge in [0.15, 0.2) is 5.75 Å². The zero-order valence-electron chi connectivity index (χ0n) is 17.6. The van der Waals surface area contributed by atoms with Crippen LogP contribution in [0.3, 0.4) is 0 Å². The summed E-state index contributed by atoms with van der Waals surface area (Å²) in [5.41, 5.74) is 1.86. The number of carbonyl (C=O) groups is 1. The van der Waals surface area contributed by atoms with Gasteiger partial charge in [-0.2, -0.15) is 0 Å². The van der Waals surface area contributed by atoms with Crippen molar-refractivity contribution in [2.45, 2.75) is 32.6 Å². The molecule has 0 unspecified atom stereocenters. The Morgan fingerprint density at radius 2 is 1.65 bits per heavy atom. The van der Waals surface area contributed by atoms with Gasteiger partial charge in [-0.05, 0) is 35.6 Å². The standard InChI is InChI=1S/C23H25Cl4NO3/c1-23(2,3)16-7-5-15(6-8-16)22(29)28-10-4-11-31-21-18(24)13-17(14-19(21)25)30-12-9-20(26)27/h5-9,13-14H,4,10-12H2,1-3H3,(H,28,29). The van der Waals surface area contributed by atoms with Gasteiger partial charge in [-0.3, -0.25) is 4.79 Å². The first-order chi connectivity index (χ1) is 14.6. The highest BCUT2D eigenvalue weighted by Gasteiger charge is 2.14. The molecule has 0 saturated carbocycles. The summed E-state index contributed by atoms with van der Waals surface area (Å²) in [6, 6.07) is 10.8. The molecule has 0 saturated heterocycles. The van der Waals surface area contributed by atoms with Crippen LogP contribution in [0, 0.1) is 0 Å². The third kappa shape index (κ3) is 8.46. The Hall–Kier alpha value is -1.59. The number of nitrogens with one attached hydrogen (secondary N) is 1. The Kier molecular flexibility index (Phi) is 9.83. The van der Waals surface area contributed by atoms with Gasteiger partial charge in [-0.15, -0.1) is 0 Å². The SMILES string of the molecule is CC(C)(C)c1ccc(C(=O)NCCCOc2c(Cl)cc(OCC=C(Cl)Cl)cc2Cl)cc1. The summed E-state index contributed by atoms with van der Waals surface area (Å²) in [6.45, 7) is 7.39. The number of carbonyl (C=O) groups excluding carboxylic acids is 1. The van der Waals surface area contributed by atoms with E-state index in [1.54, 1.807) is 12.1 Å². The molecule has 0 heterocycles. The highest BCUT2D eigenvalue weighted by Crippen LogP contribution is 2.37. The van der Waals surface area contributed by atoms with Gasteiger partial charge in [0.2, 0.25) is 0 Å². The highest BCUT2D eigenvalue weighted by atomic mass is 35.5. The van der Waals surface area contributed by atoms with Gasteiger partial charge in [0.25, 0.3) is 5.91 Å². The van der Waals surface area contributed by atoms with Crippen LogP contribution in [-0.2, 0) is 5.41 Å². The van der Waals surface area contributed by atoms with E-state index in [4.69, 9.17) is 55.9 Å². The first kappa shape index (κ1) is 25.7. The quantitative estimate of drug-likeness (QED) is 0.367. The van der Waals surface area contributed by atoms with Crippen LogP contribution < -0.4 is 14.8 Å². The minimum atomic E-state index is -0.121. The van der Waals surface area contributed by atoms with E-state index < -0.39 is 0 Å². The Morgan fingerprint density at radius 3 is 2.19 bits per heavy atom. The second-order valence-electron chi connectivity index (χ2n) is 7.81.